The maximum atomic E-state index is 12.4. The monoisotopic (exact) mass is 427 g/mol. The summed E-state index contributed by atoms with van der Waals surface area (Å²) in [6.45, 7) is 1.59. The highest BCUT2D eigenvalue weighted by Gasteiger charge is 2.32. The normalized spacial score (nSPS) is 15.1. The molecule has 0 radical (unpaired) electrons. The molecule has 0 aliphatic carbocycles. The van der Waals surface area contributed by atoms with E-state index in [9.17, 15) is 28.2 Å². The zero-order valence-electron chi connectivity index (χ0n) is 15.9. The first-order valence-electron chi connectivity index (χ1n) is 9.07. The lowest BCUT2D eigenvalue weighted by atomic mass is 9.88. The van der Waals surface area contributed by atoms with Gasteiger partial charge in [0.25, 0.3) is 0 Å². The molecule has 2 aromatic carbocycles. The lowest BCUT2D eigenvalue weighted by Gasteiger charge is -2.23. The Morgan fingerprint density at radius 3 is 2.50 bits per heavy atom. The Bertz CT molecular complexity index is 928. The Balaban J connectivity index is 2.08. The number of halogens is 3. The molecular formula is C20H20F3NO6. The lowest BCUT2D eigenvalue weighted by molar-refractivity contribution is -0.274. The SMILES string of the molecule is CC(O)C(O)c1c(CNC(=O)O)cc(-c2ccc(OC(F)(F)F)cc2)c2c1CCO2. The lowest BCUT2D eigenvalue weighted by Crippen LogP contribution is -2.24. The van der Waals surface area contributed by atoms with Gasteiger partial charge in [0.2, 0.25) is 0 Å². The van der Waals surface area contributed by atoms with Crippen LogP contribution < -0.4 is 14.8 Å². The first-order valence-corrected chi connectivity index (χ1v) is 9.07. The molecule has 1 amide bonds. The summed E-state index contributed by atoms with van der Waals surface area (Å²) in [5.41, 5.74) is 2.49. The van der Waals surface area contributed by atoms with Gasteiger partial charge in [0, 0.05) is 24.1 Å². The van der Waals surface area contributed by atoms with Crippen molar-refractivity contribution in [1.82, 2.24) is 5.32 Å². The van der Waals surface area contributed by atoms with Crippen LogP contribution in [-0.4, -0.2) is 40.5 Å². The number of alkyl halides is 3. The van der Waals surface area contributed by atoms with Crippen LogP contribution in [0.15, 0.2) is 30.3 Å². The number of carbonyl (C=O) groups is 1. The fraction of sp³-hybridized carbons (Fsp3) is 0.350. The van der Waals surface area contributed by atoms with Gasteiger partial charge in [-0.25, -0.2) is 4.79 Å². The highest BCUT2D eigenvalue weighted by molar-refractivity contribution is 5.76. The third-order valence-electron chi connectivity index (χ3n) is 4.69. The highest BCUT2D eigenvalue weighted by atomic mass is 19.4. The molecule has 0 fully saturated rings. The summed E-state index contributed by atoms with van der Waals surface area (Å²) in [4.78, 5) is 11.0. The molecule has 1 aliphatic heterocycles. The molecule has 0 bridgehead atoms. The van der Waals surface area contributed by atoms with Gasteiger partial charge in [0.15, 0.2) is 0 Å². The number of ether oxygens (including phenoxy) is 2. The second kappa shape index (κ2) is 8.41. The molecule has 2 unspecified atom stereocenters. The summed E-state index contributed by atoms with van der Waals surface area (Å²) in [6, 6.07) is 6.78. The number of benzene rings is 2. The highest BCUT2D eigenvalue weighted by Crippen LogP contribution is 2.43. The number of rotatable bonds is 6. The molecular weight excluding hydrogens is 407 g/mol. The van der Waals surface area contributed by atoms with Gasteiger partial charge in [-0.3, -0.25) is 0 Å². The molecule has 3 rings (SSSR count). The van der Waals surface area contributed by atoms with Gasteiger partial charge in [-0.1, -0.05) is 12.1 Å². The molecule has 10 heteroatoms. The van der Waals surface area contributed by atoms with E-state index in [1.807, 2.05) is 0 Å². The van der Waals surface area contributed by atoms with Crippen LogP contribution in [0.4, 0.5) is 18.0 Å². The summed E-state index contributed by atoms with van der Waals surface area (Å²) in [5.74, 6) is 0.0611. The van der Waals surface area contributed by atoms with Crippen LogP contribution in [0, 0.1) is 0 Å². The Morgan fingerprint density at radius 1 is 1.27 bits per heavy atom. The topological polar surface area (TPSA) is 108 Å². The third-order valence-corrected chi connectivity index (χ3v) is 4.69. The minimum Gasteiger partial charge on any atom is -0.492 e. The number of hydrogen-bond acceptors (Lipinski definition) is 5. The van der Waals surface area contributed by atoms with Crippen molar-refractivity contribution in [2.45, 2.75) is 38.5 Å². The Labute approximate surface area is 169 Å². The standard InChI is InChI=1S/C20H20F3NO6/c1-10(25)17(26)16-12(9-24-19(27)28)8-15(18-14(16)6-7-29-18)11-2-4-13(5-3-11)30-20(21,22)23/h2-5,8,10,17,24-26H,6-7,9H2,1H3,(H,27,28). The molecule has 0 saturated carbocycles. The number of hydrogen-bond donors (Lipinski definition) is 4. The van der Waals surface area contributed by atoms with Crippen molar-refractivity contribution >= 4 is 6.09 Å². The van der Waals surface area contributed by atoms with E-state index < -0.39 is 24.7 Å². The largest absolute Gasteiger partial charge is 0.573 e. The van der Waals surface area contributed by atoms with Gasteiger partial charge in [-0.05, 0) is 41.8 Å². The molecule has 1 aliphatic rings. The molecule has 4 N–H and O–H groups in total. The fourth-order valence-corrected chi connectivity index (χ4v) is 3.44. The Kier molecular flexibility index (Phi) is 6.09. The predicted octanol–water partition coefficient (Wildman–Crippen LogP) is 3.37. The van der Waals surface area contributed by atoms with Crippen molar-refractivity contribution in [1.29, 1.82) is 0 Å². The summed E-state index contributed by atoms with van der Waals surface area (Å²) in [5, 5.41) is 31.6. The molecule has 2 aromatic rings. The van der Waals surface area contributed by atoms with E-state index in [1.54, 1.807) is 6.07 Å². The van der Waals surface area contributed by atoms with Gasteiger partial charge in [0.05, 0.1) is 12.7 Å². The second-order valence-corrected chi connectivity index (χ2v) is 6.82. The van der Waals surface area contributed by atoms with Crippen LogP contribution in [0.3, 0.4) is 0 Å². The Morgan fingerprint density at radius 2 is 1.93 bits per heavy atom. The number of aliphatic hydroxyl groups excluding tert-OH is 2. The van der Waals surface area contributed by atoms with E-state index in [0.717, 1.165) is 12.1 Å². The van der Waals surface area contributed by atoms with Crippen molar-refractivity contribution in [2.24, 2.45) is 0 Å². The van der Waals surface area contributed by atoms with E-state index >= 15 is 0 Å². The molecule has 0 spiro atoms. The maximum absolute atomic E-state index is 12.4. The van der Waals surface area contributed by atoms with E-state index in [4.69, 9.17) is 9.84 Å². The number of carboxylic acid groups (broad SMARTS) is 1. The van der Waals surface area contributed by atoms with Crippen molar-refractivity contribution in [3.05, 3.63) is 47.0 Å². The molecule has 162 valence electrons. The van der Waals surface area contributed by atoms with Crippen LogP contribution in [-0.2, 0) is 13.0 Å². The van der Waals surface area contributed by atoms with Gasteiger partial charge in [-0.15, -0.1) is 13.2 Å². The molecule has 7 nitrogen and oxygen atoms in total. The molecule has 0 saturated heterocycles. The number of aliphatic hydroxyl groups is 2. The van der Waals surface area contributed by atoms with Crippen molar-refractivity contribution in [2.75, 3.05) is 6.61 Å². The van der Waals surface area contributed by atoms with Gasteiger partial charge >= 0.3 is 12.5 Å². The molecule has 30 heavy (non-hydrogen) atoms. The van der Waals surface area contributed by atoms with Crippen LogP contribution in [0.1, 0.15) is 29.7 Å². The molecule has 0 aromatic heterocycles. The van der Waals surface area contributed by atoms with Gasteiger partial charge in [-0.2, -0.15) is 0 Å². The maximum Gasteiger partial charge on any atom is 0.573 e. The Hall–Kier alpha value is -2.98. The fourth-order valence-electron chi connectivity index (χ4n) is 3.44. The number of nitrogens with one attached hydrogen (secondary N) is 1. The van der Waals surface area contributed by atoms with E-state index in [0.29, 0.717) is 46.6 Å². The molecule has 1 heterocycles. The van der Waals surface area contributed by atoms with Gasteiger partial charge < -0.3 is 30.1 Å². The first kappa shape index (κ1) is 21.7. The number of fused-ring (bicyclic) bond motifs is 1. The van der Waals surface area contributed by atoms with Crippen molar-refractivity contribution in [3.63, 3.8) is 0 Å². The average Bonchev–Trinajstić information content (AvgIpc) is 3.13. The summed E-state index contributed by atoms with van der Waals surface area (Å²) in [7, 11) is 0. The zero-order valence-corrected chi connectivity index (χ0v) is 15.9. The van der Waals surface area contributed by atoms with E-state index in [1.165, 1.54) is 19.1 Å². The predicted molar refractivity (Wildman–Crippen MR) is 99.3 cm³/mol. The summed E-state index contributed by atoms with van der Waals surface area (Å²) < 4.78 is 46.8. The molecule has 2 atom stereocenters. The van der Waals surface area contributed by atoms with E-state index in [-0.39, 0.29) is 12.3 Å². The smallest absolute Gasteiger partial charge is 0.492 e. The quantitative estimate of drug-likeness (QED) is 0.563. The van der Waals surface area contributed by atoms with Crippen LogP contribution in [0.2, 0.25) is 0 Å². The second-order valence-electron chi connectivity index (χ2n) is 6.82. The van der Waals surface area contributed by atoms with Crippen LogP contribution in [0.5, 0.6) is 11.5 Å². The zero-order chi connectivity index (χ0) is 22.1. The minimum atomic E-state index is -4.81. The van der Waals surface area contributed by atoms with Gasteiger partial charge in [0.1, 0.15) is 17.6 Å². The van der Waals surface area contributed by atoms with Crippen molar-refractivity contribution < 1.29 is 42.8 Å². The summed E-state index contributed by atoms with van der Waals surface area (Å²) >= 11 is 0. The van der Waals surface area contributed by atoms with Crippen LogP contribution >= 0.6 is 0 Å². The average molecular weight is 427 g/mol. The van der Waals surface area contributed by atoms with Crippen LogP contribution in [0.25, 0.3) is 11.1 Å². The first-order chi connectivity index (χ1) is 14.1. The minimum absolute atomic E-state index is 0.135. The third kappa shape index (κ3) is 4.77. The summed E-state index contributed by atoms with van der Waals surface area (Å²) in [6.07, 6.45) is -8.01. The van der Waals surface area contributed by atoms with Crippen molar-refractivity contribution in [3.8, 4) is 22.6 Å². The number of amides is 1. The van der Waals surface area contributed by atoms with E-state index in [2.05, 4.69) is 10.1 Å².